The highest BCUT2D eigenvalue weighted by Crippen LogP contribution is 2.28. The molecule has 1 aliphatic carbocycles. The van der Waals surface area contributed by atoms with Crippen LogP contribution in [0.1, 0.15) is 31.7 Å². The molecule has 1 aromatic carbocycles. The highest BCUT2D eigenvalue weighted by atomic mass is 32.2. The zero-order valence-electron chi connectivity index (χ0n) is 11.4. The standard InChI is InChI=1S/C14H22N2O2S/c1-2-8-15-10-13-4-3-5-14(9-13)19(17,18)16-11-12-6-7-12/h3-5,9,12,15-16H,2,6-8,10-11H2,1H3. The minimum Gasteiger partial charge on any atom is -0.313 e. The van der Waals surface area contributed by atoms with Gasteiger partial charge in [0.15, 0.2) is 0 Å². The first kappa shape index (κ1) is 14.5. The van der Waals surface area contributed by atoms with Crippen molar-refractivity contribution in [3.8, 4) is 0 Å². The molecule has 0 heterocycles. The van der Waals surface area contributed by atoms with Crippen molar-refractivity contribution in [3.63, 3.8) is 0 Å². The second kappa shape index (κ2) is 6.50. The molecule has 5 heteroatoms. The normalized spacial score (nSPS) is 15.6. The summed E-state index contributed by atoms with van der Waals surface area (Å²) in [5.74, 6) is 0.546. The van der Waals surface area contributed by atoms with Gasteiger partial charge in [-0.1, -0.05) is 19.1 Å². The van der Waals surface area contributed by atoms with E-state index in [1.807, 2.05) is 6.07 Å². The number of sulfonamides is 1. The molecule has 1 aliphatic rings. The van der Waals surface area contributed by atoms with Gasteiger partial charge in [0.25, 0.3) is 0 Å². The number of rotatable bonds is 8. The molecule has 2 N–H and O–H groups in total. The second-order valence-electron chi connectivity index (χ2n) is 5.12. The largest absolute Gasteiger partial charge is 0.313 e. The summed E-state index contributed by atoms with van der Waals surface area (Å²) in [5.41, 5.74) is 1.00. The van der Waals surface area contributed by atoms with Crippen molar-refractivity contribution in [2.24, 2.45) is 5.92 Å². The lowest BCUT2D eigenvalue weighted by Gasteiger charge is -2.08. The van der Waals surface area contributed by atoms with Gasteiger partial charge in [0, 0.05) is 13.1 Å². The third kappa shape index (κ3) is 4.60. The zero-order valence-corrected chi connectivity index (χ0v) is 12.2. The summed E-state index contributed by atoms with van der Waals surface area (Å²) >= 11 is 0. The maximum Gasteiger partial charge on any atom is 0.240 e. The SMILES string of the molecule is CCCNCc1cccc(S(=O)(=O)NCC2CC2)c1. The van der Waals surface area contributed by atoms with E-state index in [4.69, 9.17) is 0 Å². The third-order valence-electron chi connectivity index (χ3n) is 3.22. The number of nitrogens with one attached hydrogen (secondary N) is 2. The van der Waals surface area contributed by atoms with E-state index in [9.17, 15) is 8.42 Å². The van der Waals surface area contributed by atoms with E-state index in [1.165, 1.54) is 0 Å². The lowest BCUT2D eigenvalue weighted by molar-refractivity contribution is 0.577. The van der Waals surface area contributed by atoms with Crippen molar-refractivity contribution in [3.05, 3.63) is 29.8 Å². The van der Waals surface area contributed by atoms with E-state index in [2.05, 4.69) is 17.0 Å². The highest BCUT2D eigenvalue weighted by molar-refractivity contribution is 7.89. The van der Waals surface area contributed by atoms with E-state index < -0.39 is 10.0 Å². The Morgan fingerprint density at radius 3 is 2.79 bits per heavy atom. The average molecular weight is 282 g/mol. The predicted octanol–water partition coefficient (Wildman–Crippen LogP) is 1.87. The Labute approximate surface area is 115 Å². The fourth-order valence-corrected chi connectivity index (χ4v) is 3.05. The van der Waals surface area contributed by atoms with Gasteiger partial charge in [-0.05, 0) is 49.4 Å². The van der Waals surface area contributed by atoms with E-state index in [-0.39, 0.29) is 0 Å². The molecule has 0 bridgehead atoms. The van der Waals surface area contributed by atoms with E-state index in [1.54, 1.807) is 18.2 Å². The molecule has 0 amide bonds. The first-order valence-electron chi connectivity index (χ1n) is 6.91. The van der Waals surface area contributed by atoms with E-state index in [0.29, 0.717) is 23.9 Å². The first-order valence-corrected chi connectivity index (χ1v) is 8.39. The first-order chi connectivity index (χ1) is 9.12. The van der Waals surface area contributed by atoms with Crippen LogP contribution in [0.15, 0.2) is 29.2 Å². The van der Waals surface area contributed by atoms with E-state index in [0.717, 1.165) is 31.4 Å². The van der Waals surface area contributed by atoms with Crippen LogP contribution in [0.4, 0.5) is 0 Å². The fraction of sp³-hybridized carbons (Fsp3) is 0.571. The van der Waals surface area contributed by atoms with Crippen LogP contribution in [0, 0.1) is 5.92 Å². The molecule has 0 atom stereocenters. The minimum atomic E-state index is -3.35. The van der Waals surface area contributed by atoms with Gasteiger partial charge >= 0.3 is 0 Å². The molecule has 106 valence electrons. The van der Waals surface area contributed by atoms with Gasteiger partial charge in [0.2, 0.25) is 10.0 Å². The third-order valence-corrected chi connectivity index (χ3v) is 4.64. The molecule has 0 spiro atoms. The molecule has 2 rings (SSSR count). The highest BCUT2D eigenvalue weighted by Gasteiger charge is 2.24. The summed E-state index contributed by atoms with van der Waals surface area (Å²) in [5, 5.41) is 3.28. The molecule has 0 aliphatic heterocycles. The van der Waals surface area contributed by atoms with Crippen LogP contribution in [0.25, 0.3) is 0 Å². The average Bonchev–Trinajstić information content (AvgIpc) is 3.21. The second-order valence-corrected chi connectivity index (χ2v) is 6.89. The summed E-state index contributed by atoms with van der Waals surface area (Å²) in [6, 6.07) is 7.15. The summed E-state index contributed by atoms with van der Waals surface area (Å²) in [6.07, 6.45) is 3.36. The Morgan fingerprint density at radius 2 is 2.11 bits per heavy atom. The van der Waals surface area contributed by atoms with Crippen LogP contribution in [-0.2, 0) is 16.6 Å². The Bertz CT molecular complexity index is 510. The lowest BCUT2D eigenvalue weighted by Crippen LogP contribution is -2.26. The molecule has 1 aromatic rings. The predicted molar refractivity (Wildman–Crippen MR) is 76.4 cm³/mol. The summed E-state index contributed by atoms with van der Waals surface area (Å²) in [4.78, 5) is 0.365. The Morgan fingerprint density at radius 1 is 1.32 bits per heavy atom. The monoisotopic (exact) mass is 282 g/mol. The molecule has 0 radical (unpaired) electrons. The molecular formula is C14H22N2O2S. The van der Waals surface area contributed by atoms with Crippen molar-refractivity contribution >= 4 is 10.0 Å². The minimum absolute atomic E-state index is 0.365. The molecule has 0 saturated heterocycles. The van der Waals surface area contributed by atoms with E-state index >= 15 is 0 Å². The van der Waals surface area contributed by atoms with Gasteiger partial charge in [-0.3, -0.25) is 0 Å². The maximum absolute atomic E-state index is 12.1. The zero-order chi connectivity index (χ0) is 13.7. The van der Waals surface area contributed by atoms with Crippen molar-refractivity contribution < 1.29 is 8.42 Å². The topological polar surface area (TPSA) is 58.2 Å². The Balaban J connectivity index is 1.99. The van der Waals surface area contributed by atoms with Gasteiger partial charge < -0.3 is 5.32 Å². The summed E-state index contributed by atoms with van der Waals surface area (Å²) < 4.78 is 26.9. The molecule has 0 aromatic heterocycles. The molecular weight excluding hydrogens is 260 g/mol. The molecule has 4 nitrogen and oxygen atoms in total. The van der Waals surface area contributed by atoms with Crippen molar-refractivity contribution in [2.75, 3.05) is 13.1 Å². The van der Waals surface area contributed by atoms with Crippen molar-refractivity contribution in [2.45, 2.75) is 37.6 Å². The van der Waals surface area contributed by atoms with Gasteiger partial charge in [0.05, 0.1) is 4.90 Å². The maximum atomic E-state index is 12.1. The number of benzene rings is 1. The van der Waals surface area contributed by atoms with Crippen molar-refractivity contribution in [1.82, 2.24) is 10.0 Å². The lowest BCUT2D eigenvalue weighted by atomic mass is 10.2. The molecule has 1 saturated carbocycles. The van der Waals surface area contributed by atoms with Gasteiger partial charge in [-0.2, -0.15) is 0 Å². The molecule has 0 unspecified atom stereocenters. The van der Waals surface area contributed by atoms with Crippen LogP contribution in [0.2, 0.25) is 0 Å². The fourth-order valence-electron chi connectivity index (χ4n) is 1.86. The number of hydrogen-bond donors (Lipinski definition) is 2. The molecule has 19 heavy (non-hydrogen) atoms. The van der Waals surface area contributed by atoms with Crippen LogP contribution in [0.5, 0.6) is 0 Å². The Hall–Kier alpha value is -0.910. The van der Waals surface area contributed by atoms with Gasteiger partial charge in [-0.25, -0.2) is 13.1 Å². The van der Waals surface area contributed by atoms with Crippen molar-refractivity contribution in [1.29, 1.82) is 0 Å². The van der Waals surface area contributed by atoms with Crippen LogP contribution >= 0.6 is 0 Å². The Kier molecular flexibility index (Phi) is 4.96. The molecule has 1 fully saturated rings. The van der Waals surface area contributed by atoms with Crippen LogP contribution in [0.3, 0.4) is 0 Å². The van der Waals surface area contributed by atoms with Gasteiger partial charge in [0.1, 0.15) is 0 Å². The van der Waals surface area contributed by atoms with Crippen LogP contribution in [-0.4, -0.2) is 21.5 Å². The summed E-state index contributed by atoms with van der Waals surface area (Å²) in [6.45, 7) is 4.33. The number of hydrogen-bond acceptors (Lipinski definition) is 3. The van der Waals surface area contributed by atoms with Crippen LogP contribution < -0.4 is 10.0 Å². The summed E-state index contributed by atoms with van der Waals surface area (Å²) in [7, 11) is -3.35. The quantitative estimate of drug-likeness (QED) is 0.716. The van der Waals surface area contributed by atoms with Gasteiger partial charge in [-0.15, -0.1) is 0 Å². The smallest absolute Gasteiger partial charge is 0.240 e.